The highest BCUT2D eigenvalue weighted by atomic mass is 15.2. The van der Waals surface area contributed by atoms with Gasteiger partial charge >= 0.3 is 0 Å². The van der Waals surface area contributed by atoms with Gasteiger partial charge in [0.05, 0.1) is 11.0 Å². The monoisotopic (exact) mass is 299 g/mol. The zero-order chi connectivity index (χ0) is 15.2. The van der Waals surface area contributed by atoms with Crippen LogP contribution in [0.5, 0.6) is 0 Å². The van der Waals surface area contributed by atoms with E-state index in [4.69, 9.17) is 0 Å². The molecule has 0 bridgehead atoms. The summed E-state index contributed by atoms with van der Waals surface area (Å²) in [5.74, 6) is 1.94. The Hall–Kier alpha value is -2.04. The van der Waals surface area contributed by atoms with Crippen molar-refractivity contribution in [3.63, 3.8) is 0 Å². The number of aliphatic imine (C=N–C) groups is 1. The number of nitrogens with one attached hydrogen (secondary N) is 3. The standard InChI is InChI=1S/C17H25N5/c1-2-18-17(20-13-7-3-4-8-13)19-12-11-16-21-14-9-5-6-10-15(14)22-16/h5-6,9-10,13H,2-4,7-8,11-12H2,1H3,(H,21,22)(H2,18,19,20). The Morgan fingerprint density at radius 1 is 1.32 bits per heavy atom. The highest BCUT2D eigenvalue weighted by Crippen LogP contribution is 2.17. The molecule has 2 aromatic rings. The molecule has 3 N–H and O–H groups in total. The molecule has 1 fully saturated rings. The number of H-pyrrole nitrogens is 1. The second-order valence-corrected chi connectivity index (χ2v) is 5.84. The molecule has 0 saturated heterocycles. The molecule has 22 heavy (non-hydrogen) atoms. The minimum absolute atomic E-state index is 0.587. The number of guanidine groups is 1. The van der Waals surface area contributed by atoms with E-state index in [9.17, 15) is 0 Å². The van der Waals surface area contributed by atoms with Gasteiger partial charge in [0.2, 0.25) is 0 Å². The third-order valence-corrected chi connectivity index (χ3v) is 4.10. The van der Waals surface area contributed by atoms with Gasteiger partial charge in [-0.3, -0.25) is 4.99 Å². The fraction of sp³-hybridized carbons (Fsp3) is 0.529. The molecule has 1 aromatic heterocycles. The summed E-state index contributed by atoms with van der Waals surface area (Å²) in [6.45, 7) is 3.73. The van der Waals surface area contributed by atoms with Gasteiger partial charge in [0.1, 0.15) is 5.82 Å². The smallest absolute Gasteiger partial charge is 0.191 e. The summed E-state index contributed by atoms with van der Waals surface area (Å²) in [5, 5.41) is 6.87. The molecule has 1 aliphatic carbocycles. The van der Waals surface area contributed by atoms with Crippen LogP contribution in [0.15, 0.2) is 29.3 Å². The zero-order valence-electron chi connectivity index (χ0n) is 13.2. The van der Waals surface area contributed by atoms with Crippen molar-refractivity contribution in [2.75, 3.05) is 13.1 Å². The van der Waals surface area contributed by atoms with Crippen LogP contribution in [0.25, 0.3) is 11.0 Å². The van der Waals surface area contributed by atoms with Gasteiger partial charge in [-0.25, -0.2) is 4.98 Å². The zero-order valence-corrected chi connectivity index (χ0v) is 13.2. The molecule has 1 aliphatic rings. The number of aromatic amines is 1. The Balaban J connectivity index is 1.57. The lowest BCUT2D eigenvalue weighted by Gasteiger charge is -2.16. The van der Waals surface area contributed by atoms with Crippen LogP contribution >= 0.6 is 0 Å². The molecule has 3 rings (SSSR count). The van der Waals surface area contributed by atoms with Crippen molar-refractivity contribution in [1.82, 2.24) is 20.6 Å². The van der Waals surface area contributed by atoms with Gasteiger partial charge in [-0.1, -0.05) is 25.0 Å². The van der Waals surface area contributed by atoms with Crippen molar-refractivity contribution in [1.29, 1.82) is 0 Å². The molecule has 0 unspecified atom stereocenters. The van der Waals surface area contributed by atoms with Crippen LogP contribution in [0.2, 0.25) is 0 Å². The quantitative estimate of drug-likeness (QED) is 0.587. The normalized spacial score (nSPS) is 16.3. The van der Waals surface area contributed by atoms with E-state index in [1.54, 1.807) is 0 Å². The molecular formula is C17H25N5. The Morgan fingerprint density at radius 2 is 2.14 bits per heavy atom. The van der Waals surface area contributed by atoms with Crippen LogP contribution in [-0.2, 0) is 6.42 Å². The van der Waals surface area contributed by atoms with E-state index in [2.05, 4.69) is 38.6 Å². The number of aromatic nitrogens is 2. The molecule has 1 saturated carbocycles. The van der Waals surface area contributed by atoms with Gasteiger partial charge in [-0.15, -0.1) is 0 Å². The highest BCUT2D eigenvalue weighted by Gasteiger charge is 2.15. The number of fused-ring (bicyclic) bond motifs is 1. The van der Waals surface area contributed by atoms with E-state index in [1.165, 1.54) is 25.7 Å². The van der Waals surface area contributed by atoms with Gasteiger partial charge in [-0.05, 0) is 31.9 Å². The second-order valence-electron chi connectivity index (χ2n) is 5.84. The number of hydrogen-bond acceptors (Lipinski definition) is 2. The average molecular weight is 299 g/mol. The van der Waals surface area contributed by atoms with E-state index in [-0.39, 0.29) is 0 Å². The number of benzene rings is 1. The number of imidazole rings is 1. The third-order valence-electron chi connectivity index (χ3n) is 4.10. The van der Waals surface area contributed by atoms with Crippen molar-refractivity contribution in [2.24, 2.45) is 4.99 Å². The van der Waals surface area contributed by atoms with Crippen molar-refractivity contribution < 1.29 is 0 Å². The summed E-state index contributed by atoms with van der Waals surface area (Å²) >= 11 is 0. The van der Waals surface area contributed by atoms with Crippen LogP contribution in [0.4, 0.5) is 0 Å². The fourth-order valence-corrected chi connectivity index (χ4v) is 2.98. The summed E-state index contributed by atoms with van der Waals surface area (Å²) < 4.78 is 0. The molecule has 0 aliphatic heterocycles. The average Bonchev–Trinajstić information content (AvgIpc) is 3.16. The van der Waals surface area contributed by atoms with Crippen LogP contribution in [0, 0.1) is 0 Å². The van der Waals surface area contributed by atoms with Gasteiger partial charge in [0.15, 0.2) is 5.96 Å². The first kappa shape index (κ1) is 14.9. The molecule has 118 valence electrons. The van der Waals surface area contributed by atoms with Crippen molar-refractivity contribution >= 4 is 17.0 Å². The van der Waals surface area contributed by atoms with Gasteiger partial charge in [0.25, 0.3) is 0 Å². The molecule has 5 heteroatoms. The summed E-state index contributed by atoms with van der Waals surface area (Å²) in [5.41, 5.74) is 2.12. The van der Waals surface area contributed by atoms with Gasteiger partial charge in [-0.2, -0.15) is 0 Å². The molecule has 1 aromatic carbocycles. The molecule has 5 nitrogen and oxygen atoms in total. The Labute approximate surface area is 131 Å². The first-order valence-corrected chi connectivity index (χ1v) is 8.33. The van der Waals surface area contributed by atoms with E-state index in [0.29, 0.717) is 6.04 Å². The Morgan fingerprint density at radius 3 is 2.91 bits per heavy atom. The van der Waals surface area contributed by atoms with E-state index in [0.717, 1.165) is 42.3 Å². The summed E-state index contributed by atoms with van der Waals surface area (Å²) in [4.78, 5) is 12.6. The maximum absolute atomic E-state index is 4.68. The minimum Gasteiger partial charge on any atom is -0.357 e. The van der Waals surface area contributed by atoms with Crippen LogP contribution < -0.4 is 10.6 Å². The fourth-order valence-electron chi connectivity index (χ4n) is 2.98. The lowest BCUT2D eigenvalue weighted by atomic mass is 10.2. The summed E-state index contributed by atoms with van der Waals surface area (Å²) in [7, 11) is 0. The van der Waals surface area contributed by atoms with Gasteiger partial charge in [0, 0.05) is 25.6 Å². The number of hydrogen-bond donors (Lipinski definition) is 3. The number of para-hydroxylation sites is 2. The van der Waals surface area contributed by atoms with Crippen molar-refractivity contribution in [3.05, 3.63) is 30.1 Å². The number of nitrogens with zero attached hydrogens (tertiary/aromatic N) is 2. The van der Waals surface area contributed by atoms with E-state index < -0.39 is 0 Å². The van der Waals surface area contributed by atoms with Crippen LogP contribution in [-0.4, -0.2) is 35.1 Å². The lowest BCUT2D eigenvalue weighted by Crippen LogP contribution is -2.42. The number of rotatable bonds is 5. The maximum Gasteiger partial charge on any atom is 0.191 e. The predicted octanol–water partition coefficient (Wildman–Crippen LogP) is 2.60. The van der Waals surface area contributed by atoms with Crippen molar-refractivity contribution in [2.45, 2.75) is 45.1 Å². The highest BCUT2D eigenvalue weighted by molar-refractivity contribution is 5.80. The summed E-state index contributed by atoms with van der Waals surface area (Å²) in [6.07, 6.45) is 6.00. The minimum atomic E-state index is 0.587. The molecule has 0 radical (unpaired) electrons. The maximum atomic E-state index is 4.68. The largest absolute Gasteiger partial charge is 0.357 e. The second kappa shape index (κ2) is 7.29. The molecule has 0 atom stereocenters. The molecule has 0 spiro atoms. The SMILES string of the molecule is CCNC(=NCCc1nc2ccccc2[nH]1)NC1CCCC1. The molecule has 1 heterocycles. The van der Waals surface area contributed by atoms with E-state index in [1.807, 2.05) is 18.2 Å². The first-order valence-electron chi connectivity index (χ1n) is 8.33. The van der Waals surface area contributed by atoms with Crippen LogP contribution in [0.3, 0.4) is 0 Å². The molecule has 0 amide bonds. The lowest BCUT2D eigenvalue weighted by molar-refractivity contribution is 0.613. The predicted molar refractivity (Wildman–Crippen MR) is 91.2 cm³/mol. The Bertz CT molecular complexity index is 592. The Kier molecular flexibility index (Phi) is 4.93. The third kappa shape index (κ3) is 3.78. The molecular weight excluding hydrogens is 274 g/mol. The first-order chi connectivity index (χ1) is 10.8. The van der Waals surface area contributed by atoms with E-state index >= 15 is 0 Å². The van der Waals surface area contributed by atoms with Crippen LogP contribution in [0.1, 0.15) is 38.4 Å². The summed E-state index contributed by atoms with van der Waals surface area (Å²) in [6, 6.07) is 8.71. The van der Waals surface area contributed by atoms with Crippen molar-refractivity contribution in [3.8, 4) is 0 Å². The van der Waals surface area contributed by atoms with Gasteiger partial charge < -0.3 is 15.6 Å². The topological polar surface area (TPSA) is 65.1 Å².